The molecule has 1 saturated carbocycles. The fraction of sp³-hybridized carbons (Fsp3) is 0.529. The predicted octanol–water partition coefficient (Wildman–Crippen LogP) is 3.35. The minimum Gasteiger partial charge on any atom is -0.452 e. The number of nitrogens with one attached hydrogen (secondary N) is 1. The Morgan fingerprint density at radius 1 is 1.36 bits per heavy atom. The van der Waals surface area contributed by atoms with E-state index in [1.54, 1.807) is 0 Å². The van der Waals surface area contributed by atoms with Crippen molar-refractivity contribution in [1.29, 1.82) is 0 Å². The molecule has 1 aromatic rings. The SMILES string of the molecule is C[C@@H]1[C@H](C)CCC[C@@H]1NC(=O)COC(=O)c1ccc(Cl)cc1[N+](=O)[O-]. The molecular formula is C17H21ClN2O5. The van der Waals surface area contributed by atoms with Crippen LogP contribution in [-0.4, -0.2) is 29.4 Å². The lowest BCUT2D eigenvalue weighted by atomic mass is 9.78. The summed E-state index contributed by atoms with van der Waals surface area (Å²) in [5.74, 6) is -0.455. The third-order valence-corrected chi connectivity index (χ3v) is 5.00. The summed E-state index contributed by atoms with van der Waals surface area (Å²) < 4.78 is 4.93. The molecule has 0 aliphatic heterocycles. The number of ether oxygens (including phenoxy) is 1. The fourth-order valence-corrected chi connectivity index (χ4v) is 3.24. The average molecular weight is 369 g/mol. The van der Waals surface area contributed by atoms with Crippen molar-refractivity contribution in [3.63, 3.8) is 0 Å². The molecule has 1 amide bonds. The second-order valence-electron chi connectivity index (χ2n) is 6.44. The molecule has 8 heteroatoms. The number of nitrogens with zero attached hydrogens (tertiary/aromatic N) is 1. The van der Waals surface area contributed by atoms with E-state index in [2.05, 4.69) is 19.2 Å². The number of esters is 1. The molecule has 0 radical (unpaired) electrons. The highest BCUT2D eigenvalue weighted by Gasteiger charge is 2.28. The standard InChI is InChI=1S/C17H21ClN2O5/c1-10-4-3-5-14(11(10)2)19-16(21)9-25-17(22)13-7-6-12(18)8-15(13)20(23)24/h6-8,10-11,14H,3-5,9H2,1-2H3,(H,19,21)/t10-,11-,14+/m1/s1. The Bertz CT molecular complexity index is 679. The second kappa shape index (κ2) is 8.29. The topological polar surface area (TPSA) is 98.5 Å². The molecule has 136 valence electrons. The molecule has 0 heterocycles. The Labute approximate surface area is 150 Å². The van der Waals surface area contributed by atoms with E-state index in [4.69, 9.17) is 16.3 Å². The summed E-state index contributed by atoms with van der Waals surface area (Å²) in [6.07, 6.45) is 3.09. The number of nitro benzene ring substituents is 1. The lowest BCUT2D eigenvalue weighted by Gasteiger charge is -2.34. The third kappa shape index (κ3) is 4.92. The van der Waals surface area contributed by atoms with Gasteiger partial charge in [-0.2, -0.15) is 0 Å². The maximum Gasteiger partial charge on any atom is 0.345 e. The number of halogens is 1. The van der Waals surface area contributed by atoms with Crippen molar-refractivity contribution in [1.82, 2.24) is 5.32 Å². The van der Waals surface area contributed by atoms with E-state index in [1.165, 1.54) is 12.1 Å². The van der Waals surface area contributed by atoms with Crippen molar-refractivity contribution >= 4 is 29.2 Å². The highest BCUT2D eigenvalue weighted by atomic mass is 35.5. The quantitative estimate of drug-likeness (QED) is 0.488. The highest BCUT2D eigenvalue weighted by Crippen LogP contribution is 2.29. The van der Waals surface area contributed by atoms with Gasteiger partial charge in [0.15, 0.2) is 6.61 Å². The largest absolute Gasteiger partial charge is 0.452 e. The van der Waals surface area contributed by atoms with Gasteiger partial charge in [0.2, 0.25) is 0 Å². The molecule has 0 aromatic heterocycles. The Morgan fingerprint density at radius 2 is 2.08 bits per heavy atom. The summed E-state index contributed by atoms with van der Waals surface area (Å²) in [4.78, 5) is 34.4. The van der Waals surface area contributed by atoms with Gasteiger partial charge in [0.25, 0.3) is 11.6 Å². The van der Waals surface area contributed by atoms with E-state index in [0.29, 0.717) is 11.8 Å². The van der Waals surface area contributed by atoms with Gasteiger partial charge < -0.3 is 10.1 Å². The summed E-state index contributed by atoms with van der Waals surface area (Å²) in [6, 6.07) is 3.70. The van der Waals surface area contributed by atoms with Crippen LogP contribution >= 0.6 is 11.6 Å². The number of carbonyl (C=O) groups is 2. The van der Waals surface area contributed by atoms with Crippen molar-refractivity contribution in [3.8, 4) is 0 Å². The smallest absolute Gasteiger partial charge is 0.345 e. The molecule has 0 bridgehead atoms. The molecule has 1 aromatic carbocycles. The van der Waals surface area contributed by atoms with Gasteiger partial charge in [0, 0.05) is 17.1 Å². The summed E-state index contributed by atoms with van der Waals surface area (Å²) in [6.45, 7) is 3.77. The summed E-state index contributed by atoms with van der Waals surface area (Å²) in [5.41, 5.74) is -0.686. The molecule has 0 unspecified atom stereocenters. The van der Waals surface area contributed by atoms with E-state index >= 15 is 0 Å². The number of hydrogen-bond donors (Lipinski definition) is 1. The Hall–Kier alpha value is -2.15. The third-order valence-electron chi connectivity index (χ3n) is 4.76. The van der Waals surface area contributed by atoms with Crippen LogP contribution in [0.2, 0.25) is 5.02 Å². The number of carbonyl (C=O) groups excluding carboxylic acids is 2. The van der Waals surface area contributed by atoms with Crippen LogP contribution in [0.5, 0.6) is 0 Å². The van der Waals surface area contributed by atoms with Crippen LogP contribution in [0.15, 0.2) is 18.2 Å². The molecular weight excluding hydrogens is 348 g/mol. The van der Waals surface area contributed by atoms with Crippen LogP contribution in [0.25, 0.3) is 0 Å². The van der Waals surface area contributed by atoms with Crippen LogP contribution in [0.4, 0.5) is 5.69 Å². The number of hydrogen-bond acceptors (Lipinski definition) is 5. The van der Waals surface area contributed by atoms with Crippen molar-refractivity contribution < 1.29 is 19.2 Å². The summed E-state index contributed by atoms with van der Waals surface area (Å²) in [7, 11) is 0. The first-order chi connectivity index (χ1) is 11.8. The van der Waals surface area contributed by atoms with E-state index in [1.807, 2.05) is 0 Å². The normalized spacial score (nSPS) is 22.9. The lowest BCUT2D eigenvalue weighted by molar-refractivity contribution is -0.385. The number of nitro groups is 1. The number of amides is 1. The first-order valence-electron chi connectivity index (χ1n) is 8.20. The predicted molar refractivity (Wildman–Crippen MR) is 92.5 cm³/mol. The zero-order valence-electron chi connectivity index (χ0n) is 14.2. The molecule has 0 spiro atoms. The van der Waals surface area contributed by atoms with E-state index in [9.17, 15) is 19.7 Å². The summed E-state index contributed by atoms with van der Waals surface area (Å²) in [5, 5.41) is 14.0. The first-order valence-corrected chi connectivity index (χ1v) is 8.57. The Balaban J connectivity index is 1.94. The Morgan fingerprint density at radius 3 is 2.76 bits per heavy atom. The monoisotopic (exact) mass is 368 g/mol. The molecule has 25 heavy (non-hydrogen) atoms. The maximum absolute atomic E-state index is 12.0. The molecule has 1 fully saturated rings. The zero-order chi connectivity index (χ0) is 18.6. The van der Waals surface area contributed by atoms with Crippen LogP contribution in [0.3, 0.4) is 0 Å². The van der Waals surface area contributed by atoms with Crippen LogP contribution in [0, 0.1) is 22.0 Å². The van der Waals surface area contributed by atoms with E-state index < -0.39 is 29.1 Å². The van der Waals surface area contributed by atoms with E-state index in [0.717, 1.165) is 25.3 Å². The van der Waals surface area contributed by atoms with Gasteiger partial charge in [-0.25, -0.2) is 4.79 Å². The van der Waals surface area contributed by atoms with Gasteiger partial charge in [0.1, 0.15) is 5.56 Å². The zero-order valence-corrected chi connectivity index (χ0v) is 14.9. The molecule has 3 atom stereocenters. The molecule has 1 N–H and O–H groups in total. The average Bonchev–Trinajstić information content (AvgIpc) is 2.56. The molecule has 0 saturated heterocycles. The second-order valence-corrected chi connectivity index (χ2v) is 6.87. The van der Waals surface area contributed by atoms with Crippen molar-refractivity contribution in [2.75, 3.05) is 6.61 Å². The van der Waals surface area contributed by atoms with Crippen molar-refractivity contribution in [3.05, 3.63) is 38.9 Å². The van der Waals surface area contributed by atoms with Gasteiger partial charge in [-0.3, -0.25) is 14.9 Å². The lowest BCUT2D eigenvalue weighted by Crippen LogP contribution is -2.45. The Kier molecular flexibility index (Phi) is 6.36. The first kappa shape index (κ1) is 19.2. The fourth-order valence-electron chi connectivity index (χ4n) is 3.07. The number of rotatable bonds is 5. The minimum absolute atomic E-state index is 0.0554. The molecule has 1 aliphatic rings. The van der Waals surface area contributed by atoms with Gasteiger partial charge in [-0.15, -0.1) is 0 Å². The van der Waals surface area contributed by atoms with Crippen molar-refractivity contribution in [2.45, 2.75) is 39.2 Å². The van der Waals surface area contributed by atoms with Gasteiger partial charge in [-0.1, -0.05) is 38.3 Å². The maximum atomic E-state index is 12.0. The van der Waals surface area contributed by atoms with Gasteiger partial charge in [0.05, 0.1) is 4.92 Å². The van der Waals surface area contributed by atoms with Gasteiger partial charge in [-0.05, 0) is 30.4 Å². The van der Waals surface area contributed by atoms with Crippen LogP contribution < -0.4 is 5.32 Å². The van der Waals surface area contributed by atoms with Gasteiger partial charge >= 0.3 is 5.97 Å². The molecule has 7 nitrogen and oxygen atoms in total. The van der Waals surface area contributed by atoms with E-state index in [-0.39, 0.29) is 16.6 Å². The van der Waals surface area contributed by atoms with Crippen LogP contribution in [0.1, 0.15) is 43.5 Å². The van der Waals surface area contributed by atoms with Crippen molar-refractivity contribution in [2.24, 2.45) is 11.8 Å². The molecule has 2 rings (SSSR count). The number of benzene rings is 1. The molecule has 1 aliphatic carbocycles. The highest BCUT2D eigenvalue weighted by molar-refractivity contribution is 6.31. The van der Waals surface area contributed by atoms with Crippen LogP contribution in [-0.2, 0) is 9.53 Å². The minimum atomic E-state index is -0.927. The summed E-state index contributed by atoms with van der Waals surface area (Å²) >= 11 is 5.71.